The van der Waals surface area contributed by atoms with E-state index in [1.165, 1.54) is 0 Å². The molecule has 0 N–H and O–H groups in total. The molecule has 0 amide bonds. The predicted molar refractivity (Wildman–Crippen MR) is 63.5 cm³/mol. The highest BCUT2D eigenvalue weighted by Crippen LogP contribution is 2.28. The molecule has 0 unspecified atom stereocenters. The van der Waals surface area contributed by atoms with Crippen molar-refractivity contribution in [1.29, 1.82) is 0 Å². The quantitative estimate of drug-likeness (QED) is 0.824. The Morgan fingerprint density at radius 1 is 1.47 bits per heavy atom. The number of hydrogen-bond acceptors (Lipinski definition) is 3. The molecule has 0 saturated heterocycles. The van der Waals surface area contributed by atoms with Gasteiger partial charge in [-0.3, -0.25) is 0 Å². The van der Waals surface area contributed by atoms with Crippen molar-refractivity contribution < 1.29 is 9.47 Å². The molecule has 0 bridgehead atoms. The highest BCUT2D eigenvalue weighted by Gasteiger charge is 2.09. The largest absolute Gasteiger partial charge is 0.485 e. The summed E-state index contributed by atoms with van der Waals surface area (Å²) < 4.78 is 12.0. The van der Waals surface area contributed by atoms with Crippen molar-refractivity contribution in [3.63, 3.8) is 0 Å². The molecule has 0 saturated carbocycles. The van der Waals surface area contributed by atoms with Gasteiger partial charge in [-0.25, -0.2) is 4.98 Å². The van der Waals surface area contributed by atoms with Gasteiger partial charge in [0.2, 0.25) is 0 Å². The molecule has 0 aliphatic rings. The first-order valence-corrected chi connectivity index (χ1v) is 5.87. The zero-order valence-corrected chi connectivity index (χ0v) is 10.9. The Hall–Kier alpha value is -0.770. The minimum atomic E-state index is 0.116. The highest BCUT2D eigenvalue weighted by molar-refractivity contribution is 9.10. The van der Waals surface area contributed by atoms with Crippen LogP contribution < -0.4 is 9.47 Å². The fraction of sp³-hybridized carbons (Fsp3) is 0.545. The van der Waals surface area contributed by atoms with E-state index < -0.39 is 0 Å². The van der Waals surface area contributed by atoms with E-state index in [1.54, 1.807) is 6.20 Å². The number of pyridine rings is 1. The molecule has 4 heteroatoms. The minimum absolute atomic E-state index is 0.116. The summed E-state index contributed by atoms with van der Waals surface area (Å²) >= 11 is 3.36. The molecule has 1 aromatic rings. The molecule has 84 valence electrons. The van der Waals surface area contributed by atoms with Crippen molar-refractivity contribution in [3.05, 3.63) is 16.7 Å². The average molecular weight is 274 g/mol. The number of ether oxygens (including phenoxy) is 2. The molecule has 0 aromatic carbocycles. The summed E-state index contributed by atoms with van der Waals surface area (Å²) in [6.07, 6.45) is 2.78. The van der Waals surface area contributed by atoms with Gasteiger partial charge in [-0.05, 0) is 36.2 Å². The van der Waals surface area contributed by atoms with Crippen molar-refractivity contribution in [2.24, 2.45) is 0 Å². The van der Waals surface area contributed by atoms with Crippen LogP contribution >= 0.6 is 15.9 Å². The second-order valence-corrected chi connectivity index (χ2v) is 4.39. The average Bonchev–Trinajstić information content (AvgIpc) is 2.16. The topological polar surface area (TPSA) is 31.4 Å². The fourth-order valence-corrected chi connectivity index (χ4v) is 1.36. The zero-order chi connectivity index (χ0) is 11.3. The van der Waals surface area contributed by atoms with Crippen molar-refractivity contribution in [2.75, 3.05) is 6.61 Å². The first-order valence-electron chi connectivity index (χ1n) is 5.08. The smallest absolute Gasteiger partial charge is 0.257 e. The van der Waals surface area contributed by atoms with Crippen LogP contribution in [-0.2, 0) is 0 Å². The number of hydrogen-bond donors (Lipinski definition) is 0. The van der Waals surface area contributed by atoms with Gasteiger partial charge < -0.3 is 9.47 Å². The lowest BCUT2D eigenvalue weighted by atomic mass is 10.4. The minimum Gasteiger partial charge on any atom is -0.485 e. The molecule has 15 heavy (non-hydrogen) atoms. The Morgan fingerprint density at radius 2 is 2.20 bits per heavy atom. The first kappa shape index (κ1) is 12.3. The molecule has 0 fully saturated rings. The molecule has 1 rings (SSSR count). The molecular weight excluding hydrogens is 258 g/mol. The zero-order valence-electron chi connectivity index (χ0n) is 9.29. The van der Waals surface area contributed by atoms with E-state index in [0.717, 1.165) is 10.9 Å². The van der Waals surface area contributed by atoms with Crippen molar-refractivity contribution in [1.82, 2.24) is 4.98 Å². The normalized spacial score (nSPS) is 10.5. The van der Waals surface area contributed by atoms with Crippen molar-refractivity contribution in [2.45, 2.75) is 33.3 Å². The van der Waals surface area contributed by atoms with Crippen LogP contribution in [-0.4, -0.2) is 17.7 Å². The third-order valence-corrected chi connectivity index (χ3v) is 2.02. The van der Waals surface area contributed by atoms with E-state index in [0.29, 0.717) is 18.2 Å². The predicted octanol–water partition coefficient (Wildman–Crippen LogP) is 3.42. The Balaban J connectivity index is 2.82. The Morgan fingerprint density at radius 3 is 2.80 bits per heavy atom. The van der Waals surface area contributed by atoms with Crippen LogP contribution in [0.5, 0.6) is 11.6 Å². The molecule has 0 aliphatic heterocycles. The van der Waals surface area contributed by atoms with E-state index in [4.69, 9.17) is 9.47 Å². The Labute approximate surface area is 98.9 Å². The summed E-state index contributed by atoms with van der Waals surface area (Å²) in [6, 6.07) is 1.87. The first-order chi connectivity index (χ1) is 7.13. The van der Waals surface area contributed by atoms with Crippen molar-refractivity contribution >= 4 is 15.9 Å². The van der Waals surface area contributed by atoms with Gasteiger partial charge in [0, 0.05) is 16.7 Å². The van der Waals surface area contributed by atoms with Gasteiger partial charge in [-0.2, -0.15) is 0 Å². The summed E-state index contributed by atoms with van der Waals surface area (Å²) in [5.41, 5.74) is 0. The van der Waals surface area contributed by atoms with E-state index in [1.807, 2.05) is 19.9 Å². The molecule has 0 spiro atoms. The Kier molecular flexibility index (Phi) is 4.88. The fourth-order valence-electron chi connectivity index (χ4n) is 1.05. The summed E-state index contributed by atoms with van der Waals surface area (Å²) in [5.74, 6) is 1.25. The van der Waals surface area contributed by atoms with Crippen LogP contribution in [0.1, 0.15) is 27.2 Å². The number of halogens is 1. The van der Waals surface area contributed by atoms with Crippen LogP contribution in [0.3, 0.4) is 0 Å². The van der Waals surface area contributed by atoms with E-state index in [-0.39, 0.29) is 6.10 Å². The van der Waals surface area contributed by atoms with Gasteiger partial charge in [-0.15, -0.1) is 0 Å². The number of rotatable bonds is 5. The Bertz CT molecular complexity index is 315. The molecule has 1 aromatic heterocycles. The van der Waals surface area contributed by atoms with Crippen LogP contribution in [0, 0.1) is 0 Å². The number of aromatic nitrogens is 1. The van der Waals surface area contributed by atoms with Gasteiger partial charge in [0.25, 0.3) is 5.88 Å². The van der Waals surface area contributed by atoms with E-state index >= 15 is 0 Å². The van der Waals surface area contributed by atoms with Gasteiger partial charge in [0.1, 0.15) is 0 Å². The van der Waals surface area contributed by atoms with Crippen LogP contribution in [0.4, 0.5) is 0 Å². The molecule has 3 nitrogen and oxygen atoms in total. The maximum atomic E-state index is 5.61. The molecule has 1 heterocycles. The van der Waals surface area contributed by atoms with E-state index in [2.05, 4.69) is 27.8 Å². The van der Waals surface area contributed by atoms with Crippen LogP contribution in [0.2, 0.25) is 0 Å². The van der Waals surface area contributed by atoms with Crippen LogP contribution in [0.15, 0.2) is 16.7 Å². The lowest BCUT2D eigenvalue weighted by Crippen LogP contribution is -2.08. The van der Waals surface area contributed by atoms with E-state index in [9.17, 15) is 0 Å². The summed E-state index contributed by atoms with van der Waals surface area (Å²) in [7, 11) is 0. The standard InChI is InChI=1S/C11H16BrNO2/c1-4-5-14-11-10(15-8(2)3)6-9(12)7-13-11/h6-8H,4-5H2,1-3H3. The van der Waals surface area contributed by atoms with Gasteiger partial charge >= 0.3 is 0 Å². The lowest BCUT2D eigenvalue weighted by Gasteiger charge is -2.13. The second-order valence-electron chi connectivity index (χ2n) is 3.47. The van der Waals surface area contributed by atoms with Gasteiger partial charge in [0.15, 0.2) is 5.75 Å². The molecule has 0 radical (unpaired) electrons. The third-order valence-electron chi connectivity index (χ3n) is 1.59. The monoisotopic (exact) mass is 273 g/mol. The highest BCUT2D eigenvalue weighted by atomic mass is 79.9. The lowest BCUT2D eigenvalue weighted by molar-refractivity contribution is 0.216. The SMILES string of the molecule is CCCOc1ncc(Br)cc1OC(C)C. The summed E-state index contributed by atoms with van der Waals surface area (Å²) in [4.78, 5) is 4.17. The second kappa shape index (κ2) is 5.95. The number of nitrogens with zero attached hydrogens (tertiary/aromatic N) is 1. The van der Waals surface area contributed by atoms with Gasteiger partial charge in [0.05, 0.1) is 12.7 Å². The van der Waals surface area contributed by atoms with Gasteiger partial charge in [-0.1, -0.05) is 6.92 Å². The summed E-state index contributed by atoms with van der Waals surface area (Å²) in [6.45, 7) is 6.67. The van der Waals surface area contributed by atoms with Crippen LogP contribution in [0.25, 0.3) is 0 Å². The molecule has 0 aliphatic carbocycles. The third kappa shape index (κ3) is 4.08. The molecule has 0 atom stereocenters. The summed E-state index contributed by atoms with van der Waals surface area (Å²) in [5, 5.41) is 0. The van der Waals surface area contributed by atoms with Crippen molar-refractivity contribution in [3.8, 4) is 11.6 Å². The maximum absolute atomic E-state index is 5.61. The molecular formula is C11H16BrNO2. The maximum Gasteiger partial charge on any atom is 0.257 e.